The van der Waals surface area contributed by atoms with Gasteiger partial charge in [0.2, 0.25) is 0 Å². The zero-order valence-corrected chi connectivity index (χ0v) is 55.7. The number of carbonyl (C=O) groups is 2. The lowest BCUT2D eigenvalue weighted by molar-refractivity contribution is -0.870. The Morgan fingerprint density at radius 3 is 0.952 bits per heavy atom. The second-order valence-electron chi connectivity index (χ2n) is 23.8. The summed E-state index contributed by atoms with van der Waals surface area (Å²) < 4.78 is 34.3. The van der Waals surface area contributed by atoms with Crippen LogP contribution < -0.4 is 4.89 Å². The molecule has 2 unspecified atom stereocenters. The molecule has 10 heteroatoms. The standard InChI is InChI=1S/C74H128NO8P/c1-6-8-10-12-14-16-18-20-22-24-26-28-30-32-34-36-37-39-41-43-45-47-49-51-53-55-57-59-61-63-65-67-74(77)83-72(71-82-84(78,79)81-69-68-75(3,4)5)70-80-73(76)66-64-62-60-58-56-54-52-50-48-46-44-42-40-38-35-33-31-29-27-25-23-21-19-17-15-13-11-9-7-2/h8-11,14-17,20-23,26-29,32-35,72H,6-7,12-13,18-19,24-25,30-31,36-71H2,1-5H3/b10-8-,11-9-,16-14-,17-15-,22-20-,23-21-,28-26-,29-27-,34-32-,35-33-. The van der Waals surface area contributed by atoms with Crippen LogP contribution in [0.4, 0.5) is 0 Å². The zero-order valence-electron chi connectivity index (χ0n) is 54.8. The summed E-state index contributed by atoms with van der Waals surface area (Å²) in [5.74, 6) is -0.832. The van der Waals surface area contributed by atoms with Crippen LogP contribution in [0.3, 0.4) is 0 Å². The third-order valence-corrected chi connectivity index (χ3v) is 15.4. The molecule has 84 heavy (non-hydrogen) atoms. The van der Waals surface area contributed by atoms with E-state index in [0.717, 1.165) is 103 Å². The summed E-state index contributed by atoms with van der Waals surface area (Å²) in [7, 11) is 1.16. The van der Waals surface area contributed by atoms with E-state index in [9.17, 15) is 19.0 Å². The molecule has 0 spiro atoms. The molecule has 0 saturated carbocycles. The summed E-state index contributed by atoms with van der Waals surface area (Å²) in [6.45, 7) is 4.03. The maximum absolute atomic E-state index is 12.9. The van der Waals surface area contributed by atoms with Crippen molar-refractivity contribution in [2.24, 2.45) is 0 Å². The first-order valence-corrected chi connectivity index (χ1v) is 35.7. The number of likely N-dealkylation sites (N-methyl/N-ethyl adjacent to an activating group) is 1. The normalized spacial score (nSPS) is 13.9. The third-order valence-electron chi connectivity index (χ3n) is 14.5. The third kappa shape index (κ3) is 67.5. The van der Waals surface area contributed by atoms with E-state index in [0.29, 0.717) is 17.4 Å². The lowest BCUT2D eigenvalue weighted by Crippen LogP contribution is -2.37. The molecule has 0 radical (unpaired) electrons. The average Bonchev–Trinajstić information content (AvgIpc) is 3.61. The molecular formula is C74H128NO8P. The minimum atomic E-state index is -4.65. The van der Waals surface area contributed by atoms with E-state index in [1.54, 1.807) is 0 Å². The van der Waals surface area contributed by atoms with Crippen LogP contribution in [0, 0.1) is 0 Å². The molecule has 0 aromatic carbocycles. The van der Waals surface area contributed by atoms with E-state index in [4.69, 9.17) is 18.5 Å². The highest BCUT2D eigenvalue weighted by molar-refractivity contribution is 7.45. The summed E-state index contributed by atoms with van der Waals surface area (Å²) in [6.07, 6.45) is 91.2. The largest absolute Gasteiger partial charge is 0.756 e. The summed E-state index contributed by atoms with van der Waals surface area (Å²) in [5.41, 5.74) is 0. The van der Waals surface area contributed by atoms with Gasteiger partial charge in [-0.1, -0.05) is 289 Å². The van der Waals surface area contributed by atoms with Crippen molar-refractivity contribution < 1.29 is 42.1 Å². The molecule has 9 nitrogen and oxygen atoms in total. The molecule has 0 aromatic rings. The van der Waals surface area contributed by atoms with Gasteiger partial charge >= 0.3 is 11.9 Å². The Hall–Kier alpha value is -3.59. The fourth-order valence-electron chi connectivity index (χ4n) is 9.30. The van der Waals surface area contributed by atoms with Crippen molar-refractivity contribution in [1.82, 2.24) is 0 Å². The smallest absolute Gasteiger partial charge is 0.306 e. The molecule has 0 rings (SSSR count). The van der Waals surface area contributed by atoms with Gasteiger partial charge in [-0.25, -0.2) is 0 Å². The number of nitrogens with zero attached hydrogens (tertiary/aromatic N) is 1. The average molecular weight is 1190 g/mol. The second-order valence-corrected chi connectivity index (χ2v) is 25.2. The van der Waals surface area contributed by atoms with Crippen LogP contribution in [0.15, 0.2) is 122 Å². The number of hydrogen-bond acceptors (Lipinski definition) is 8. The molecule has 0 heterocycles. The molecule has 0 aliphatic rings. The lowest BCUT2D eigenvalue weighted by Gasteiger charge is -2.28. The number of unbranched alkanes of at least 4 members (excludes halogenated alkanes) is 28. The van der Waals surface area contributed by atoms with E-state index >= 15 is 0 Å². The number of quaternary nitrogens is 1. The van der Waals surface area contributed by atoms with E-state index in [-0.39, 0.29) is 32.0 Å². The van der Waals surface area contributed by atoms with E-state index in [2.05, 4.69) is 135 Å². The predicted octanol–water partition coefficient (Wildman–Crippen LogP) is 21.6. The van der Waals surface area contributed by atoms with Gasteiger partial charge in [-0.3, -0.25) is 14.2 Å². The van der Waals surface area contributed by atoms with Crippen molar-refractivity contribution in [2.75, 3.05) is 47.5 Å². The van der Waals surface area contributed by atoms with Gasteiger partial charge in [0.05, 0.1) is 27.7 Å². The van der Waals surface area contributed by atoms with Gasteiger partial charge in [0.15, 0.2) is 6.10 Å². The zero-order chi connectivity index (χ0) is 61.2. The molecule has 0 bridgehead atoms. The minimum Gasteiger partial charge on any atom is -0.756 e. The topological polar surface area (TPSA) is 111 Å². The highest BCUT2D eigenvalue weighted by atomic mass is 31.2. The van der Waals surface area contributed by atoms with E-state index in [1.807, 2.05) is 21.1 Å². The Kier molecular flexibility index (Phi) is 61.2. The number of rotatable bonds is 62. The highest BCUT2D eigenvalue weighted by Gasteiger charge is 2.22. The lowest BCUT2D eigenvalue weighted by atomic mass is 10.0. The van der Waals surface area contributed by atoms with Crippen LogP contribution in [0.25, 0.3) is 0 Å². The van der Waals surface area contributed by atoms with Crippen molar-refractivity contribution in [1.29, 1.82) is 0 Å². The van der Waals surface area contributed by atoms with Crippen LogP contribution in [0.1, 0.15) is 284 Å². The Morgan fingerprint density at radius 2 is 0.643 bits per heavy atom. The number of phosphoric acid groups is 1. The Morgan fingerprint density at radius 1 is 0.369 bits per heavy atom. The predicted molar refractivity (Wildman–Crippen MR) is 360 cm³/mol. The molecule has 0 N–H and O–H groups in total. The molecule has 0 aliphatic heterocycles. The Bertz CT molecular complexity index is 1830. The van der Waals surface area contributed by atoms with Gasteiger partial charge in [0.1, 0.15) is 19.8 Å². The number of carbonyl (C=O) groups excluding carboxylic acids is 2. The van der Waals surface area contributed by atoms with Gasteiger partial charge in [-0.2, -0.15) is 0 Å². The highest BCUT2D eigenvalue weighted by Crippen LogP contribution is 2.38. The minimum absolute atomic E-state index is 0.0350. The van der Waals surface area contributed by atoms with Crippen molar-refractivity contribution in [2.45, 2.75) is 290 Å². The van der Waals surface area contributed by atoms with Crippen LogP contribution >= 0.6 is 7.82 Å². The summed E-state index contributed by atoms with van der Waals surface area (Å²) in [4.78, 5) is 38.1. The maximum Gasteiger partial charge on any atom is 0.306 e. The SMILES string of the molecule is CC/C=C\C/C=C\C/C=C\C/C=C\C/C=C\CCCCCCCCCCCCCCCCCC(=O)OC(COC(=O)CCCCCCCCCCCCCCC/C=C\C/C=C\C/C=C\C/C=C\C/C=C\CC)COP(=O)([O-])OCC[N+](C)(C)C. The van der Waals surface area contributed by atoms with Gasteiger partial charge in [-0.05, 0) is 103 Å². The fourth-order valence-corrected chi connectivity index (χ4v) is 10.0. The second kappa shape index (κ2) is 63.9. The van der Waals surface area contributed by atoms with Gasteiger partial charge in [0.25, 0.3) is 7.82 Å². The molecule has 0 fully saturated rings. The van der Waals surface area contributed by atoms with Gasteiger partial charge in [0, 0.05) is 12.8 Å². The number of esters is 2. The fraction of sp³-hybridized carbons (Fsp3) is 0.703. The molecule has 0 aliphatic carbocycles. The molecule has 0 aromatic heterocycles. The van der Waals surface area contributed by atoms with Crippen molar-refractivity contribution in [3.05, 3.63) is 122 Å². The Balaban J connectivity index is 4.07. The van der Waals surface area contributed by atoms with E-state index < -0.39 is 26.5 Å². The maximum atomic E-state index is 12.9. The molecule has 482 valence electrons. The van der Waals surface area contributed by atoms with Crippen LogP contribution in [0.2, 0.25) is 0 Å². The summed E-state index contributed by atoms with van der Waals surface area (Å²) in [5, 5.41) is 0. The molecular weight excluding hydrogens is 1060 g/mol. The number of hydrogen-bond donors (Lipinski definition) is 0. The first-order chi connectivity index (χ1) is 41.0. The van der Waals surface area contributed by atoms with Gasteiger partial charge < -0.3 is 27.9 Å². The first kappa shape index (κ1) is 80.4. The number of phosphoric ester groups is 1. The van der Waals surface area contributed by atoms with Crippen molar-refractivity contribution in [3.8, 4) is 0 Å². The van der Waals surface area contributed by atoms with E-state index in [1.165, 1.54) is 148 Å². The number of allylic oxidation sites excluding steroid dienone is 20. The first-order valence-electron chi connectivity index (χ1n) is 34.2. The summed E-state index contributed by atoms with van der Waals surface area (Å²) >= 11 is 0. The van der Waals surface area contributed by atoms with Crippen LogP contribution in [0.5, 0.6) is 0 Å². The monoisotopic (exact) mass is 1190 g/mol. The van der Waals surface area contributed by atoms with Gasteiger partial charge in [-0.15, -0.1) is 0 Å². The van der Waals surface area contributed by atoms with Crippen LogP contribution in [-0.2, 0) is 32.7 Å². The Labute approximate surface area is 518 Å². The van der Waals surface area contributed by atoms with Crippen LogP contribution in [-0.4, -0.2) is 70.0 Å². The van der Waals surface area contributed by atoms with Crippen molar-refractivity contribution in [3.63, 3.8) is 0 Å². The number of ether oxygens (including phenoxy) is 2. The molecule has 0 amide bonds. The quantitative estimate of drug-likeness (QED) is 0.0195. The summed E-state index contributed by atoms with van der Waals surface area (Å²) in [6, 6.07) is 0. The molecule has 2 atom stereocenters. The molecule has 0 saturated heterocycles. The van der Waals surface area contributed by atoms with Crippen molar-refractivity contribution >= 4 is 19.8 Å².